The molecule has 0 amide bonds. The van der Waals surface area contributed by atoms with Gasteiger partial charge in [0, 0.05) is 16.6 Å². The van der Waals surface area contributed by atoms with Gasteiger partial charge in [0.05, 0.1) is 46.4 Å². The van der Waals surface area contributed by atoms with E-state index in [4.69, 9.17) is 11.6 Å². The highest BCUT2D eigenvalue weighted by atomic mass is 35.5. The summed E-state index contributed by atoms with van der Waals surface area (Å²) in [6, 6.07) is 31.3. The predicted molar refractivity (Wildman–Crippen MR) is 168 cm³/mol. The molecule has 0 saturated carbocycles. The van der Waals surface area contributed by atoms with Gasteiger partial charge in [0.25, 0.3) is 0 Å². The number of halogens is 2. The number of rotatable bonds is 9. The molecular formula is C34H27ClFN7. The summed E-state index contributed by atoms with van der Waals surface area (Å²) in [6.07, 6.45) is 4.21. The molecule has 0 aliphatic carbocycles. The van der Waals surface area contributed by atoms with Crippen LogP contribution in [0.15, 0.2) is 109 Å². The maximum absolute atomic E-state index is 13.9. The van der Waals surface area contributed by atoms with Crippen LogP contribution >= 0.6 is 11.6 Å². The SMILES string of the molecule is CC[C@@H](Nc1c(C#N)cnc2c(N[C@@H](c3ccc(F)cc3)c3cn(-c4ccccc4)nn3)cc(Cl)cc12)c1ccccc1. The van der Waals surface area contributed by atoms with Gasteiger partial charge in [-0.15, -0.1) is 5.10 Å². The van der Waals surface area contributed by atoms with Crippen molar-refractivity contribution in [1.82, 2.24) is 20.0 Å². The highest BCUT2D eigenvalue weighted by Crippen LogP contribution is 2.38. The molecule has 6 rings (SSSR count). The number of nitrogens with zero attached hydrogens (tertiary/aromatic N) is 5. The number of nitrogens with one attached hydrogen (secondary N) is 2. The first kappa shape index (κ1) is 27.9. The quantitative estimate of drug-likeness (QED) is 0.177. The zero-order valence-electron chi connectivity index (χ0n) is 23.2. The van der Waals surface area contributed by atoms with E-state index in [9.17, 15) is 9.65 Å². The van der Waals surface area contributed by atoms with Gasteiger partial charge in [0.15, 0.2) is 0 Å². The number of aromatic nitrogens is 4. The molecule has 9 heteroatoms. The van der Waals surface area contributed by atoms with Crippen molar-refractivity contribution >= 4 is 33.9 Å². The molecule has 0 spiro atoms. The van der Waals surface area contributed by atoms with Crippen molar-refractivity contribution in [2.75, 3.05) is 10.6 Å². The number of pyridine rings is 1. The normalized spacial score (nSPS) is 12.4. The molecule has 2 N–H and O–H groups in total. The summed E-state index contributed by atoms with van der Waals surface area (Å²) in [5.74, 6) is -0.339. The summed E-state index contributed by atoms with van der Waals surface area (Å²) in [5, 5.41) is 27.1. The second kappa shape index (κ2) is 12.3. The number of hydrogen-bond acceptors (Lipinski definition) is 6. The lowest BCUT2D eigenvalue weighted by Crippen LogP contribution is -2.14. The lowest BCUT2D eigenvalue weighted by molar-refractivity contribution is 0.626. The van der Waals surface area contributed by atoms with Crippen molar-refractivity contribution in [3.05, 3.63) is 143 Å². The number of benzene rings is 4. The summed E-state index contributed by atoms with van der Waals surface area (Å²) in [4.78, 5) is 4.68. The highest BCUT2D eigenvalue weighted by Gasteiger charge is 2.22. The highest BCUT2D eigenvalue weighted by molar-refractivity contribution is 6.32. The molecule has 0 aliphatic heterocycles. The maximum Gasteiger partial charge on any atom is 0.123 e. The van der Waals surface area contributed by atoms with Crippen LogP contribution < -0.4 is 10.6 Å². The average Bonchev–Trinajstić information content (AvgIpc) is 3.54. The Hall–Kier alpha value is -5.26. The Morgan fingerprint density at radius 3 is 2.35 bits per heavy atom. The van der Waals surface area contributed by atoms with Crippen LogP contribution in [0.25, 0.3) is 16.6 Å². The van der Waals surface area contributed by atoms with E-state index in [0.717, 1.165) is 23.2 Å². The summed E-state index contributed by atoms with van der Waals surface area (Å²) in [6.45, 7) is 2.09. The molecular weight excluding hydrogens is 561 g/mol. The number of fused-ring (bicyclic) bond motifs is 1. The third-order valence-electron chi connectivity index (χ3n) is 7.32. The third-order valence-corrected chi connectivity index (χ3v) is 7.53. The van der Waals surface area contributed by atoms with Gasteiger partial charge in [-0.2, -0.15) is 5.26 Å². The largest absolute Gasteiger partial charge is 0.377 e. The van der Waals surface area contributed by atoms with Gasteiger partial charge in [-0.3, -0.25) is 4.98 Å². The van der Waals surface area contributed by atoms with Crippen molar-refractivity contribution < 1.29 is 4.39 Å². The van der Waals surface area contributed by atoms with Crippen LogP contribution in [0, 0.1) is 17.1 Å². The van der Waals surface area contributed by atoms with Crippen molar-refractivity contribution in [2.24, 2.45) is 0 Å². The molecule has 2 atom stereocenters. The molecule has 0 radical (unpaired) electrons. The molecule has 0 unspecified atom stereocenters. The van der Waals surface area contributed by atoms with E-state index in [1.54, 1.807) is 29.1 Å². The minimum absolute atomic E-state index is 0.0331. The van der Waals surface area contributed by atoms with Gasteiger partial charge in [-0.05, 0) is 53.9 Å². The molecule has 0 fully saturated rings. The number of hydrogen-bond donors (Lipinski definition) is 2. The Morgan fingerprint density at radius 2 is 1.65 bits per heavy atom. The summed E-state index contributed by atoms with van der Waals surface area (Å²) in [5.41, 5.74) is 5.68. The van der Waals surface area contributed by atoms with Gasteiger partial charge in [0.2, 0.25) is 0 Å². The van der Waals surface area contributed by atoms with Gasteiger partial charge in [0.1, 0.15) is 17.6 Å². The summed E-state index contributed by atoms with van der Waals surface area (Å²) >= 11 is 6.70. The van der Waals surface area contributed by atoms with Gasteiger partial charge < -0.3 is 10.6 Å². The van der Waals surface area contributed by atoms with Crippen molar-refractivity contribution in [1.29, 1.82) is 5.26 Å². The van der Waals surface area contributed by atoms with E-state index in [2.05, 4.69) is 51.1 Å². The Morgan fingerprint density at radius 1 is 0.930 bits per heavy atom. The summed E-state index contributed by atoms with van der Waals surface area (Å²) < 4.78 is 15.6. The van der Waals surface area contributed by atoms with E-state index >= 15 is 0 Å². The Labute approximate surface area is 253 Å². The van der Waals surface area contributed by atoms with Crippen LogP contribution in [0.2, 0.25) is 5.02 Å². The first-order valence-electron chi connectivity index (χ1n) is 13.9. The van der Waals surface area contributed by atoms with Gasteiger partial charge >= 0.3 is 0 Å². The Kier molecular flexibility index (Phi) is 7.98. The van der Waals surface area contributed by atoms with E-state index in [-0.39, 0.29) is 11.9 Å². The molecule has 0 saturated heterocycles. The van der Waals surface area contributed by atoms with Crippen LogP contribution in [0.1, 0.15) is 47.8 Å². The fraction of sp³-hybridized carbons (Fsp3) is 0.118. The molecule has 0 aliphatic rings. The zero-order valence-corrected chi connectivity index (χ0v) is 24.0. The number of para-hydroxylation sites is 1. The monoisotopic (exact) mass is 587 g/mol. The first-order valence-corrected chi connectivity index (χ1v) is 14.3. The number of anilines is 2. The van der Waals surface area contributed by atoms with Crippen molar-refractivity contribution in [3.8, 4) is 11.8 Å². The second-order valence-corrected chi connectivity index (χ2v) is 10.5. The van der Waals surface area contributed by atoms with Crippen molar-refractivity contribution in [3.63, 3.8) is 0 Å². The molecule has 7 nitrogen and oxygen atoms in total. The molecule has 4 aromatic carbocycles. The van der Waals surface area contributed by atoms with Crippen molar-refractivity contribution in [2.45, 2.75) is 25.4 Å². The summed E-state index contributed by atoms with van der Waals surface area (Å²) in [7, 11) is 0. The third kappa shape index (κ3) is 5.89. The van der Waals surface area contributed by atoms with Crippen LogP contribution in [0.5, 0.6) is 0 Å². The number of nitriles is 1. The minimum Gasteiger partial charge on any atom is -0.377 e. The van der Waals surface area contributed by atoms with Gasteiger partial charge in [-0.25, -0.2) is 9.07 Å². The lowest BCUT2D eigenvalue weighted by Gasteiger charge is -2.23. The van der Waals surface area contributed by atoms with E-state index in [1.807, 2.05) is 60.8 Å². The fourth-order valence-corrected chi connectivity index (χ4v) is 5.37. The van der Waals surface area contributed by atoms with E-state index in [0.29, 0.717) is 38.6 Å². The average molecular weight is 588 g/mol. The van der Waals surface area contributed by atoms with Crippen LogP contribution in [0.3, 0.4) is 0 Å². The lowest BCUT2D eigenvalue weighted by atomic mass is 10.0. The van der Waals surface area contributed by atoms with E-state index in [1.165, 1.54) is 12.1 Å². The van der Waals surface area contributed by atoms with E-state index < -0.39 is 6.04 Å². The molecule has 212 valence electrons. The van der Waals surface area contributed by atoms with Crippen LogP contribution in [0.4, 0.5) is 15.8 Å². The molecule has 43 heavy (non-hydrogen) atoms. The maximum atomic E-state index is 13.9. The first-order chi connectivity index (χ1) is 21.0. The van der Waals surface area contributed by atoms with Crippen LogP contribution in [-0.2, 0) is 0 Å². The van der Waals surface area contributed by atoms with Gasteiger partial charge in [-0.1, -0.05) is 84.4 Å². The van der Waals surface area contributed by atoms with Crippen LogP contribution in [-0.4, -0.2) is 20.0 Å². The molecule has 0 bridgehead atoms. The predicted octanol–water partition coefficient (Wildman–Crippen LogP) is 8.24. The fourth-order valence-electron chi connectivity index (χ4n) is 5.15. The second-order valence-electron chi connectivity index (χ2n) is 10.1. The Balaban J connectivity index is 1.45. The Bertz CT molecular complexity index is 1900. The molecule has 6 aromatic rings. The smallest absolute Gasteiger partial charge is 0.123 e. The minimum atomic E-state index is -0.513. The topological polar surface area (TPSA) is 91.5 Å². The molecule has 2 aromatic heterocycles. The molecule has 2 heterocycles. The standard InChI is InChI=1S/C34H27ClFN7/c1-2-29(22-9-5-3-6-10-22)39-32-24(19-37)20-38-34-28(32)17-25(35)18-30(34)40-33(23-13-15-26(36)16-14-23)31-21-43(42-41-31)27-11-7-4-8-12-27/h3-18,20-21,29,33,40H,2H2,1H3,(H,38,39)/t29-,33+/m1/s1. The zero-order chi connectivity index (χ0) is 29.8.